The number of nitrogens with one attached hydrogen (secondary N) is 2. The van der Waals surface area contributed by atoms with Crippen molar-refractivity contribution in [3.05, 3.63) is 24.4 Å². The molecule has 2 aromatic heterocycles. The Bertz CT molecular complexity index is 1200. The van der Waals surface area contributed by atoms with Crippen LogP contribution >= 0.6 is 11.3 Å². The number of thiophene rings is 1. The predicted octanol–water partition coefficient (Wildman–Crippen LogP) is 3.23. The number of hydrogen-bond donors (Lipinski definition) is 2. The fraction of sp³-hybridized carbons (Fsp3) is 0.609. The number of anilines is 1. The van der Waals surface area contributed by atoms with Gasteiger partial charge in [0.25, 0.3) is 10.0 Å². The van der Waals surface area contributed by atoms with E-state index in [0.29, 0.717) is 48.6 Å². The summed E-state index contributed by atoms with van der Waals surface area (Å²) in [6.45, 7) is 9.77. The molecule has 184 valence electrons. The smallest absolute Gasteiger partial charge is 0.317 e. The van der Waals surface area contributed by atoms with Crippen molar-refractivity contribution in [1.82, 2.24) is 24.5 Å². The van der Waals surface area contributed by atoms with Gasteiger partial charge in [-0.3, -0.25) is 0 Å². The normalized spacial score (nSPS) is 26.6. The van der Waals surface area contributed by atoms with Gasteiger partial charge < -0.3 is 15.5 Å². The van der Waals surface area contributed by atoms with Crippen molar-refractivity contribution in [2.45, 2.75) is 50.3 Å². The Morgan fingerprint density at radius 2 is 2.06 bits per heavy atom. The Labute approximate surface area is 205 Å². The first-order valence-corrected chi connectivity index (χ1v) is 14.0. The first-order valence-electron chi connectivity index (χ1n) is 11.8. The number of rotatable bonds is 7. The minimum Gasteiger partial charge on any atom is -0.352 e. The van der Waals surface area contributed by atoms with Crippen LogP contribution in [-0.2, 0) is 10.0 Å². The quantitative estimate of drug-likeness (QED) is 0.600. The molecule has 0 spiro atoms. The van der Waals surface area contributed by atoms with E-state index in [-0.39, 0.29) is 22.9 Å². The van der Waals surface area contributed by atoms with Gasteiger partial charge in [-0.1, -0.05) is 20.8 Å². The standard InChI is InChI=1S/C23H32N6O3S2/c1-22(2)12-16-13-23(3,14-22)15-29(16)34(31,32)19-5-4-18(33-19)17-6-7-24-20(27-17)25-8-10-28-11-9-26-21(28)30/h4-7,16H,8-15H2,1-3H3,(H,26,30)(H,24,25,27). The summed E-state index contributed by atoms with van der Waals surface area (Å²) in [5.74, 6) is 0.457. The van der Waals surface area contributed by atoms with E-state index in [1.807, 2.05) is 6.07 Å². The lowest BCUT2D eigenvalue weighted by molar-refractivity contribution is 0.133. The lowest BCUT2D eigenvalue weighted by Gasteiger charge is -2.39. The molecule has 0 radical (unpaired) electrons. The van der Waals surface area contributed by atoms with Gasteiger partial charge in [0.2, 0.25) is 5.95 Å². The lowest BCUT2D eigenvalue weighted by atomic mass is 9.65. The number of nitrogens with zero attached hydrogens (tertiary/aromatic N) is 4. The predicted molar refractivity (Wildman–Crippen MR) is 132 cm³/mol. The van der Waals surface area contributed by atoms with Gasteiger partial charge in [-0.2, -0.15) is 4.31 Å². The van der Waals surface area contributed by atoms with Crippen LogP contribution in [0.5, 0.6) is 0 Å². The fourth-order valence-corrected chi connectivity index (χ4v) is 9.19. The monoisotopic (exact) mass is 504 g/mol. The second-order valence-corrected chi connectivity index (χ2v) is 14.0. The van der Waals surface area contributed by atoms with Crippen molar-refractivity contribution in [3.8, 4) is 10.6 Å². The first-order chi connectivity index (χ1) is 16.0. The zero-order valence-corrected chi connectivity index (χ0v) is 21.5. The molecule has 1 aliphatic carbocycles. The molecule has 3 aliphatic rings. The molecule has 3 fully saturated rings. The molecule has 2 aromatic rings. The maximum atomic E-state index is 13.6. The molecule has 2 bridgehead atoms. The number of hydrogen-bond acceptors (Lipinski definition) is 7. The van der Waals surface area contributed by atoms with E-state index in [2.05, 4.69) is 41.4 Å². The van der Waals surface area contributed by atoms with E-state index in [1.54, 1.807) is 27.5 Å². The van der Waals surface area contributed by atoms with Crippen LogP contribution in [0.1, 0.15) is 40.0 Å². The Balaban J connectivity index is 1.29. The molecular formula is C23H32N6O3S2. The van der Waals surface area contributed by atoms with Gasteiger partial charge in [0, 0.05) is 45.0 Å². The highest BCUT2D eigenvalue weighted by molar-refractivity contribution is 7.91. The third kappa shape index (κ3) is 4.52. The van der Waals surface area contributed by atoms with Crippen LogP contribution in [0.25, 0.3) is 10.6 Å². The molecule has 2 aliphatic heterocycles. The maximum absolute atomic E-state index is 13.6. The summed E-state index contributed by atoms with van der Waals surface area (Å²) in [5.41, 5.74) is 0.879. The molecule has 2 N–H and O–H groups in total. The number of amides is 2. The SMILES string of the molecule is CC1(C)CC2CC(C)(CN2S(=O)(=O)c2ccc(-c3ccnc(NCCN4CCNC4=O)n3)s2)C1. The van der Waals surface area contributed by atoms with Crippen molar-refractivity contribution in [1.29, 1.82) is 0 Å². The fourth-order valence-electron chi connectivity index (χ4n) is 6.01. The molecule has 2 atom stereocenters. The highest BCUT2D eigenvalue weighted by atomic mass is 32.2. The van der Waals surface area contributed by atoms with Crippen molar-refractivity contribution in [2.75, 3.05) is 38.0 Å². The van der Waals surface area contributed by atoms with Gasteiger partial charge in [-0.15, -0.1) is 11.3 Å². The second-order valence-electron chi connectivity index (χ2n) is 10.8. The molecule has 34 heavy (non-hydrogen) atoms. The van der Waals surface area contributed by atoms with E-state index < -0.39 is 10.0 Å². The van der Waals surface area contributed by atoms with E-state index >= 15 is 0 Å². The maximum Gasteiger partial charge on any atom is 0.317 e. The van der Waals surface area contributed by atoms with E-state index in [4.69, 9.17) is 0 Å². The molecule has 4 heterocycles. The van der Waals surface area contributed by atoms with E-state index in [1.165, 1.54) is 11.3 Å². The van der Waals surface area contributed by atoms with Crippen LogP contribution in [0.2, 0.25) is 0 Å². The van der Waals surface area contributed by atoms with Gasteiger partial charge in [0.05, 0.1) is 10.6 Å². The van der Waals surface area contributed by atoms with Gasteiger partial charge in [-0.25, -0.2) is 23.2 Å². The van der Waals surface area contributed by atoms with E-state index in [0.717, 1.165) is 24.1 Å². The summed E-state index contributed by atoms with van der Waals surface area (Å²) in [6.07, 6.45) is 4.55. The summed E-state index contributed by atoms with van der Waals surface area (Å²) in [6, 6.07) is 5.33. The van der Waals surface area contributed by atoms with Crippen molar-refractivity contribution < 1.29 is 13.2 Å². The van der Waals surface area contributed by atoms with Gasteiger partial charge in [0.15, 0.2) is 0 Å². The van der Waals surface area contributed by atoms with Crippen LogP contribution in [0.3, 0.4) is 0 Å². The van der Waals surface area contributed by atoms with Crippen molar-refractivity contribution >= 4 is 33.3 Å². The van der Waals surface area contributed by atoms with Gasteiger partial charge >= 0.3 is 6.03 Å². The number of urea groups is 1. The number of carbonyl (C=O) groups is 1. The molecule has 2 unspecified atom stereocenters. The van der Waals surface area contributed by atoms with Crippen LogP contribution < -0.4 is 10.6 Å². The highest BCUT2D eigenvalue weighted by Gasteiger charge is 2.53. The molecule has 2 saturated heterocycles. The topological polar surface area (TPSA) is 108 Å². The molecule has 11 heteroatoms. The molecule has 1 saturated carbocycles. The summed E-state index contributed by atoms with van der Waals surface area (Å²) in [4.78, 5) is 23.0. The minimum atomic E-state index is -3.56. The third-order valence-corrected chi connectivity index (χ3v) is 10.5. The average molecular weight is 505 g/mol. The lowest BCUT2D eigenvalue weighted by Crippen LogP contribution is -2.37. The summed E-state index contributed by atoms with van der Waals surface area (Å²) < 4.78 is 29.3. The summed E-state index contributed by atoms with van der Waals surface area (Å²) in [7, 11) is -3.56. The zero-order valence-electron chi connectivity index (χ0n) is 19.9. The Kier molecular flexibility index (Phi) is 5.84. The Morgan fingerprint density at radius 1 is 1.24 bits per heavy atom. The summed E-state index contributed by atoms with van der Waals surface area (Å²) >= 11 is 1.26. The Hall–Kier alpha value is -2.24. The van der Waals surface area contributed by atoms with Crippen molar-refractivity contribution in [2.24, 2.45) is 10.8 Å². The summed E-state index contributed by atoms with van der Waals surface area (Å²) in [5, 5.41) is 5.93. The average Bonchev–Trinajstić information content (AvgIpc) is 3.46. The molecule has 0 aromatic carbocycles. The number of sulfonamides is 1. The van der Waals surface area contributed by atoms with Gasteiger partial charge in [-0.05, 0) is 48.3 Å². The molecule has 9 nitrogen and oxygen atoms in total. The highest BCUT2D eigenvalue weighted by Crippen LogP contribution is 2.54. The van der Waals surface area contributed by atoms with E-state index in [9.17, 15) is 13.2 Å². The minimum absolute atomic E-state index is 0.0442. The largest absolute Gasteiger partial charge is 0.352 e. The first kappa shape index (κ1) is 23.5. The van der Waals surface area contributed by atoms with Crippen molar-refractivity contribution in [3.63, 3.8) is 0 Å². The number of carbonyl (C=O) groups excluding carboxylic acids is 1. The molecular weight excluding hydrogens is 472 g/mol. The van der Waals surface area contributed by atoms with Gasteiger partial charge in [0.1, 0.15) is 4.21 Å². The number of fused-ring (bicyclic) bond motifs is 2. The molecule has 2 amide bonds. The van der Waals surface area contributed by atoms with Crippen LogP contribution in [0.4, 0.5) is 10.7 Å². The van der Waals surface area contributed by atoms with Crippen LogP contribution in [0.15, 0.2) is 28.6 Å². The zero-order chi connectivity index (χ0) is 24.1. The second kappa shape index (κ2) is 8.46. The number of aromatic nitrogens is 2. The van der Waals surface area contributed by atoms with Crippen LogP contribution in [-0.4, -0.2) is 72.4 Å². The Morgan fingerprint density at radius 3 is 2.82 bits per heavy atom. The van der Waals surface area contributed by atoms with Crippen LogP contribution in [0, 0.1) is 10.8 Å². The molecule has 5 rings (SSSR count). The third-order valence-electron chi connectivity index (χ3n) is 7.03.